The molecule has 0 unspecified atom stereocenters. The Morgan fingerprint density at radius 1 is 1.26 bits per heavy atom. The van der Waals surface area contributed by atoms with Crippen molar-refractivity contribution in [2.24, 2.45) is 0 Å². The number of pyridine rings is 1. The van der Waals surface area contributed by atoms with Crippen LogP contribution in [0.1, 0.15) is 6.92 Å². The molecule has 0 atom stereocenters. The van der Waals surface area contributed by atoms with E-state index in [9.17, 15) is 4.79 Å². The predicted molar refractivity (Wildman–Crippen MR) is 106 cm³/mol. The normalized spacial score (nSPS) is 10.9. The molecule has 4 aromatic rings. The fraction of sp³-hybridized carbons (Fsp3) is 0.125. The van der Waals surface area contributed by atoms with Crippen molar-refractivity contribution >= 4 is 51.4 Å². The summed E-state index contributed by atoms with van der Waals surface area (Å²) in [5.74, 6) is 1.06. The van der Waals surface area contributed by atoms with Gasteiger partial charge in [-0.25, -0.2) is 9.78 Å². The van der Waals surface area contributed by atoms with Crippen LogP contribution in [-0.4, -0.2) is 43.2 Å². The van der Waals surface area contributed by atoms with Gasteiger partial charge in [0.2, 0.25) is 5.82 Å². The lowest BCUT2D eigenvalue weighted by atomic mass is 10.2. The number of tetrazole rings is 1. The second-order valence-electron chi connectivity index (χ2n) is 5.52. The van der Waals surface area contributed by atoms with Crippen LogP contribution in [0.3, 0.4) is 0 Å². The maximum absolute atomic E-state index is 12.7. The third-order valence-corrected chi connectivity index (χ3v) is 4.99. The van der Waals surface area contributed by atoms with E-state index in [1.165, 1.54) is 11.3 Å². The number of carbonyl (C=O) groups excluding carboxylic acids is 1. The van der Waals surface area contributed by atoms with Gasteiger partial charge in [0.1, 0.15) is 10.6 Å². The van der Waals surface area contributed by atoms with Gasteiger partial charge in [0.25, 0.3) is 0 Å². The Kier molecular flexibility index (Phi) is 4.60. The van der Waals surface area contributed by atoms with E-state index in [4.69, 9.17) is 12.2 Å². The average Bonchev–Trinajstić information content (AvgIpc) is 3.31. The fourth-order valence-electron chi connectivity index (χ4n) is 2.56. The Morgan fingerprint density at radius 3 is 2.78 bits per heavy atom. The largest absolute Gasteiger partial charge is 0.336 e. The molecule has 2 amide bonds. The zero-order valence-electron chi connectivity index (χ0n) is 14.1. The van der Waals surface area contributed by atoms with Gasteiger partial charge >= 0.3 is 6.03 Å². The van der Waals surface area contributed by atoms with E-state index in [1.807, 2.05) is 25.1 Å². The SMILES string of the molecule is CCN(C(=O)Nc1ccc(-c2nn[nH]n2)cc1)c1ccc2[nH]c(=S)sc2n1. The van der Waals surface area contributed by atoms with Gasteiger partial charge in [-0.15, -0.1) is 10.2 Å². The number of aromatic nitrogens is 6. The van der Waals surface area contributed by atoms with Crippen LogP contribution in [0.2, 0.25) is 0 Å². The first-order valence-electron chi connectivity index (χ1n) is 8.06. The lowest BCUT2D eigenvalue weighted by Gasteiger charge is -2.20. The summed E-state index contributed by atoms with van der Waals surface area (Å²) in [6.45, 7) is 2.37. The van der Waals surface area contributed by atoms with Crippen molar-refractivity contribution < 1.29 is 4.79 Å². The molecule has 0 radical (unpaired) electrons. The molecule has 0 bridgehead atoms. The van der Waals surface area contributed by atoms with Gasteiger partial charge in [0.15, 0.2) is 3.95 Å². The Hall–Kier alpha value is -3.18. The number of carbonyl (C=O) groups is 1. The molecular weight excluding hydrogens is 384 g/mol. The first kappa shape index (κ1) is 17.2. The first-order chi connectivity index (χ1) is 13.1. The predicted octanol–water partition coefficient (Wildman–Crippen LogP) is 3.59. The van der Waals surface area contributed by atoms with Crippen molar-refractivity contribution in [2.45, 2.75) is 6.92 Å². The summed E-state index contributed by atoms with van der Waals surface area (Å²) in [4.78, 5) is 22.6. The lowest BCUT2D eigenvalue weighted by molar-refractivity contribution is 0.257. The van der Waals surface area contributed by atoms with Gasteiger partial charge < -0.3 is 10.3 Å². The molecule has 9 nitrogen and oxygen atoms in total. The maximum Gasteiger partial charge on any atom is 0.327 e. The highest BCUT2D eigenvalue weighted by Gasteiger charge is 2.16. The van der Waals surface area contributed by atoms with E-state index in [-0.39, 0.29) is 6.03 Å². The zero-order valence-corrected chi connectivity index (χ0v) is 15.8. The van der Waals surface area contributed by atoms with Gasteiger partial charge in [0.05, 0.1) is 5.52 Å². The summed E-state index contributed by atoms with van der Waals surface area (Å²) < 4.78 is 0.656. The van der Waals surface area contributed by atoms with Crippen LogP contribution < -0.4 is 10.2 Å². The summed E-state index contributed by atoms with van der Waals surface area (Å²) in [6.07, 6.45) is 0. The molecule has 3 heterocycles. The van der Waals surface area contributed by atoms with Crippen molar-refractivity contribution in [3.05, 3.63) is 40.4 Å². The van der Waals surface area contributed by atoms with E-state index in [0.717, 1.165) is 15.9 Å². The van der Waals surface area contributed by atoms with Crippen molar-refractivity contribution in [3.8, 4) is 11.4 Å². The molecule has 27 heavy (non-hydrogen) atoms. The molecule has 0 aliphatic rings. The topological polar surface area (TPSA) is 115 Å². The number of rotatable bonds is 4. The number of thiazole rings is 1. The van der Waals surface area contributed by atoms with Crippen LogP contribution in [0.5, 0.6) is 0 Å². The van der Waals surface area contributed by atoms with Crippen molar-refractivity contribution in [2.75, 3.05) is 16.8 Å². The number of nitrogens with one attached hydrogen (secondary N) is 3. The van der Waals surface area contributed by atoms with Gasteiger partial charge in [-0.2, -0.15) is 5.21 Å². The highest BCUT2D eigenvalue weighted by molar-refractivity contribution is 7.73. The molecule has 0 aliphatic heterocycles. The number of aromatic amines is 2. The second-order valence-corrected chi connectivity index (χ2v) is 7.19. The summed E-state index contributed by atoms with van der Waals surface area (Å²) in [5.41, 5.74) is 2.32. The van der Waals surface area contributed by atoms with Crippen molar-refractivity contribution in [3.63, 3.8) is 0 Å². The van der Waals surface area contributed by atoms with Crippen LogP contribution in [0, 0.1) is 3.95 Å². The van der Waals surface area contributed by atoms with E-state index in [2.05, 4.69) is 35.9 Å². The highest BCUT2D eigenvalue weighted by atomic mass is 32.1. The van der Waals surface area contributed by atoms with Crippen LogP contribution in [0.15, 0.2) is 36.4 Å². The number of H-pyrrole nitrogens is 2. The third-order valence-electron chi connectivity index (χ3n) is 3.85. The van der Waals surface area contributed by atoms with E-state index < -0.39 is 0 Å². The molecule has 3 aromatic heterocycles. The second kappa shape index (κ2) is 7.21. The van der Waals surface area contributed by atoms with Gasteiger partial charge in [0, 0.05) is 17.8 Å². The molecular formula is C16H14N8OS2. The number of urea groups is 1. The van der Waals surface area contributed by atoms with Gasteiger partial charge in [-0.3, -0.25) is 4.90 Å². The number of amides is 2. The monoisotopic (exact) mass is 398 g/mol. The smallest absolute Gasteiger partial charge is 0.327 e. The van der Waals surface area contributed by atoms with E-state index in [1.54, 1.807) is 23.1 Å². The molecule has 136 valence electrons. The number of nitrogens with zero attached hydrogens (tertiary/aromatic N) is 5. The third kappa shape index (κ3) is 3.55. The minimum absolute atomic E-state index is 0.268. The van der Waals surface area contributed by atoms with Crippen LogP contribution in [0.25, 0.3) is 21.7 Å². The molecule has 1 aromatic carbocycles. The molecule has 0 saturated carbocycles. The van der Waals surface area contributed by atoms with Crippen molar-refractivity contribution in [1.82, 2.24) is 30.6 Å². The standard InChI is InChI=1S/C16H14N8OS2/c1-2-24(12-8-7-11-14(19-12)27-16(26)18-11)15(25)17-10-5-3-9(4-6-10)13-20-22-23-21-13/h3-8H,2H2,1H3,(H,17,25)(H,18,26)(H,20,21,22,23). The van der Waals surface area contributed by atoms with Crippen LogP contribution in [-0.2, 0) is 0 Å². The summed E-state index contributed by atoms with van der Waals surface area (Å²) in [5, 5.41) is 16.7. The van der Waals surface area contributed by atoms with Crippen molar-refractivity contribution in [1.29, 1.82) is 0 Å². The molecule has 0 spiro atoms. The Bertz CT molecular complexity index is 1130. The molecule has 11 heteroatoms. The average molecular weight is 398 g/mol. The fourth-order valence-corrected chi connectivity index (χ4v) is 3.62. The molecule has 0 fully saturated rings. The van der Waals surface area contributed by atoms with Gasteiger partial charge in [-0.1, -0.05) is 11.3 Å². The number of fused-ring (bicyclic) bond motifs is 1. The quantitative estimate of drug-likeness (QED) is 0.453. The minimum atomic E-state index is -0.268. The molecule has 0 aliphatic carbocycles. The molecule has 3 N–H and O–H groups in total. The zero-order chi connectivity index (χ0) is 18.8. The minimum Gasteiger partial charge on any atom is -0.336 e. The summed E-state index contributed by atoms with van der Waals surface area (Å²) >= 11 is 6.52. The Labute approximate surface area is 162 Å². The molecule has 4 rings (SSSR count). The number of hydrogen-bond acceptors (Lipinski definition) is 7. The van der Waals surface area contributed by atoms with Crippen LogP contribution >= 0.6 is 23.6 Å². The Balaban J connectivity index is 1.53. The van der Waals surface area contributed by atoms with E-state index in [0.29, 0.717) is 27.8 Å². The lowest BCUT2D eigenvalue weighted by Crippen LogP contribution is -2.35. The maximum atomic E-state index is 12.7. The van der Waals surface area contributed by atoms with Crippen LogP contribution in [0.4, 0.5) is 16.3 Å². The van der Waals surface area contributed by atoms with Gasteiger partial charge in [-0.05, 0) is 60.8 Å². The number of benzene rings is 1. The highest BCUT2D eigenvalue weighted by Crippen LogP contribution is 2.22. The first-order valence-corrected chi connectivity index (χ1v) is 9.29. The number of anilines is 2. The molecule has 0 saturated heterocycles. The van der Waals surface area contributed by atoms with E-state index >= 15 is 0 Å². The number of hydrogen-bond donors (Lipinski definition) is 3. The summed E-state index contributed by atoms with van der Waals surface area (Å²) in [7, 11) is 0. The summed E-state index contributed by atoms with van der Waals surface area (Å²) in [6, 6.07) is 10.6. The Morgan fingerprint density at radius 2 is 2.07 bits per heavy atom.